The largest absolute Gasteiger partial charge is 0.461 e. The van der Waals surface area contributed by atoms with Crippen LogP contribution in [0.15, 0.2) is 30.3 Å². The fourth-order valence-electron chi connectivity index (χ4n) is 11.7. The van der Waals surface area contributed by atoms with Crippen LogP contribution < -0.4 is 9.64 Å². The second-order valence-electron chi connectivity index (χ2n) is 20.6. The van der Waals surface area contributed by atoms with E-state index in [4.69, 9.17) is 24.4 Å². The predicted molar refractivity (Wildman–Crippen MR) is 247 cm³/mol. The van der Waals surface area contributed by atoms with E-state index < -0.39 is 25.3 Å². The van der Waals surface area contributed by atoms with E-state index in [-0.39, 0.29) is 52.4 Å². The fourth-order valence-corrected chi connectivity index (χ4v) is 16.9. The zero-order chi connectivity index (χ0) is 44.5. The lowest BCUT2D eigenvalue weighted by Gasteiger charge is -2.48. The van der Waals surface area contributed by atoms with Crippen molar-refractivity contribution in [1.29, 1.82) is 0 Å². The highest BCUT2D eigenvalue weighted by Gasteiger charge is 2.47. The van der Waals surface area contributed by atoms with Crippen LogP contribution in [0, 0.1) is 29.0 Å². The number of amides is 1. The molecule has 12 heteroatoms. The van der Waals surface area contributed by atoms with E-state index in [1.54, 1.807) is 6.07 Å². The number of ether oxygens (including phenoxy) is 2. The molecule has 0 unspecified atom stereocenters. The fraction of sp³-hybridized carbons (Fsp3) is 0.600. The van der Waals surface area contributed by atoms with Gasteiger partial charge in [0.15, 0.2) is 5.82 Å². The second-order valence-corrected chi connectivity index (χ2v) is 26.1. The Kier molecular flexibility index (Phi) is 11.9. The molecular weight excluding hydrogens is 799 g/mol. The Morgan fingerprint density at radius 1 is 0.952 bits per heavy atom. The summed E-state index contributed by atoms with van der Waals surface area (Å²) < 4.78 is 46.9. The van der Waals surface area contributed by atoms with Crippen molar-refractivity contribution in [2.75, 3.05) is 37.7 Å². The molecule has 0 spiro atoms. The van der Waals surface area contributed by atoms with E-state index in [1.807, 2.05) is 43.9 Å². The van der Waals surface area contributed by atoms with Gasteiger partial charge in [-0.2, -0.15) is 9.97 Å². The maximum Gasteiger partial charge on any atom is 0.410 e. The number of fused-ring (bicyclic) bond motifs is 4. The maximum atomic E-state index is 18.0. The summed E-state index contributed by atoms with van der Waals surface area (Å²) in [5, 5.41) is 1.86. The highest BCUT2D eigenvalue weighted by molar-refractivity contribution is 6.90. The van der Waals surface area contributed by atoms with E-state index in [9.17, 15) is 4.79 Å². The van der Waals surface area contributed by atoms with Crippen molar-refractivity contribution < 1.29 is 23.0 Å². The molecule has 0 aliphatic carbocycles. The van der Waals surface area contributed by atoms with Gasteiger partial charge in [-0.25, -0.2) is 18.6 Å². The third kappa shape index (κ3) is 7.63. The summed E-state index contributed by atoms with van der Waals surface area (Å²) in [6.45, 7) is 26.8. The number of pyridine rings is 1. The average molecular weight is 865 g/mol. The quantitative estimate of drug-likeness (QED) is 0.128. The highest BCUT2D eigenvalue weighted by Crippen LogP contribution is 2.45. The minimum absolute atomic E-state index is 0.0256. The summed E-state index contributed by atoms with van der Waals surface area (Å²) in [6.07, 6.45) is 5.17. The molecule has 0 radical (unpaired) electrons. The van der Waals surface area contributed by atoms with Crippen molar-refractivity contribution in [2.24, 2.45) is 5.92 Å². The Balaban J connectivity index is 1.32. The molecule has 3 atom stereocenters. The van der Waals surface area contributed by atoms with Gasteiger partial charge >= 0.3 is 12.1 Å². The molecule has 9 nitrogen and oxygen atoms in total. The van der Waals surface area contributed by atoms with Crippen LogP contribution in [0.2, 0.25) is 16.6 Å². The number of rotatable bonds is 8. The number of hydrogen-bond acceptors (Lipinski definition) is 8. The zero-order valence-electron chi connectivity index (χ0n) is 38.8. The molecule has 0 saturated carbocycles. The average Bonchev–Trinajstić information content (AvgIpc) is 3.78. The third-order valence-corrected chi connectivity index (χ3v) is 21.1. The first-order chi connectivity index (χ1) is 29.4. The van der Waals surface area contributed by atoms with E-state index in [0.29, 0.717) is 77.0 Å². The first kappa shape index (κ1) is 44.3. The van der Waals surface area contributed by atoms with E-state index in [1.165, 1.54) is 6.07 Å². The molecule has 3 fully saturated rings. The number of nitrogens with zero attached hydrogens (tertiary/aromatic N) is 6. The van der Waals surface area contributed by atoms with Crippen molar-refractivity contribution in [3.63, 3.8) is 0 Å². The Bertz CT molecular complexity index is 2410. The number of hydrogen-bond donors (Lipinski definition) is 0. The lowest BCUT2D eigenvalue weighted by molar-refractivity contribution is 0.00796. The van der Waals surface area contributed by atoms with Crippen molar-refractivity contribution >= 4 is 41.7 Å². The molecule has 6 heterocycles. The molecule has 3 saturated heterocycles. The number of aromatic nitrogens is 3. The molecule has 8 rings (SSSR count). The van der Waals surface area contributed by atoms with Gasteiger partial charge in [0.2, 0.25) is 0 Å². The first-order valence-electron chi connectivity index (χ1n) is 23.2. The summed E-state index contributed by atoms with van der Waals surface area (Å²) >= 11 is 0. The van der Waals surface area contributed by atoms with Crippen LogP contribution in [0.4, 0.5) is 19.4 Å². The molecule has 0 N–H and O–H groups in total. The van der Waals surface area contributed by atoms with Crippen LogP contribution in [0.25, 0.3) is 32.9 Å². The molecule has 2 aromatic heterocycles. The van der Waals surface area contributed by atoms with Gasteiger partial charge in [0.1, 0.15) is 43.1 Å². The SMILES string of the molecule is CC[C@@H]1CN2c3nc(OCC45CCCN4CCC5)nc4c(F)c(-c5cccc6ccc(F)c(C#C[Si](C(C)C)(C(C)C)C(C)C)c56)nc(c34)C[C@H](C)[C@H]2CN1C(=O)OC(C)(C)C. The summed E-state index contributed by atoms with van der Waals surface area (Å²) in [7, 11) is -2.26. The van der Waals surface area contributed by atoms with Crippen LogP contribution in [0.3, 0.4) is 0 Å². The number of anilines is 1. The highest BCUT2D eigenvalue weighted by atomic mass is 28.3. The predicted octanol–water partition coefficient (Wildman–Crippen LogP) is 11.1. The smallest absolute Gasteiger partial charge is 0.410 e. The molecule has 1 amide bonds. The summed E-state index contributed by atoms with van der Waals surface area (Å²) in [6, 6.07) is 8.64. The van der Waals surface area contributed by atoms with Gasteiger partial charge in [-0.1, -0.05) is 85.6 Å². The normalized spacial score (nSPS) is 21.4. The van der Waals surface area contributed by atoms with E-state index in [2.05, 4.69) is 76.7 Å². The summed E-state index contributed by atoms with van der Waals surface area (Å²) in [5.74, 6) is 2.92. The monoisotopic (exact) mass is 864 g/mol. The third-order valence-electron chi connectivity index (χ3n) is 14.8. The van der Waals surface area contributed by atoms with Crippen LogP contribution in [-0.2, 0) is 11.2 Å². The van der Waals surface area contributed by atoms with Gasteiger partial charge < -0.3 is 19.3 Å². The maximum absolute atomic E-state index is 18.0. The number of benzene rings is 2. The van der Waals surface area contributed by atoms with E-state index in [0.717, 1.165) is 44.2 Å². The minimum Gasteiger partial charge on any atom is -0.461 e. The number of carbonyl (C=O) groups excluding carboxylic acids is 1. The van der Waals surface area contributed by atoms with E-state index >= 15 is 8.78 Å². The van der Waals surface area contributed by atoms with Crippen LogP contribution >= 0.6 is 0 Å². The molecule has 332 valence electrons. The molecule has 0 bridgehead atoms. The van der Waals surface area contributed by atoms with Gasteiger partial charge in [-0.3, -0.25) is 4.90 Å². The lowest BCUT2D eigenvalue weighted by Crippen LogP contribution is -2.62. The van der Waals surface area contributed by atoms with Gasteiger partial charge in [0.25, 0.3) is 0 Å². The zero-order valence-corrected chi connectivity index (χ0v) is 39.8. The lowest BCUT2D eigenvalue weighted by atomic mass is 9.92. The minimum atomic E-state index is -2.26. The summed E-state index contributed by atoms with van der Waals surface area (Å²) in [4.78, 5) is 35.7. The van der Waals surface area contributed by atoms with Crippen molar-refractivity contribution in [3.05, 3.63) is 53.2 Å². The Morgan fingerprint density at radius 2 is 1.65 bits per heavy atom. The van der Waals surface area contributed by atoms with Gasteiger partial charge in [0.05, 0.1) is 34.3 Å². The van der Waals surface area contributed by atoms with Gasteiger partial charge in [-0.05, 0) is 106 Å². The van der Waals surface area contributed by atoms with Crippen molar-refractivity contribution in [1.82, 2.24) is 24.8 Å². The molecular formula is C50H66F2N6O3Si. The Morgan fingerprint density at radius 3 is 2.29 bits per heavy atom. The van der Waals surface area contributed by atoms with Crippen molar-refractivity contribution in [2.45, 2.75) is 155 Å². The molecule has 4 aromatic rings. The summed E-state index contributed by atoms with van der Waals surface area (Å²) in [5.41, 5.74) is 5.71. The number of carbonyl (C=O) groups is 1. The molecule has 4 aliphatic rings. The molecule has 2 aromatic carbocycles. The standard InChI is InChI=1S/C50H66F2N6O3Si/c1-12-35-27-58-40(28-57(35)48(59)61-49(9,10)11)33(8)26-39-42-45(54-47(55-46(42)58)60-29-50-21-14-23-56(50)24-15-22-50)43(52)44(53-39)37-17-13-16-34-18-19-38(51)36(41(34)37)20-25-62(30(2)3,31(4)5)32(6)7/h13,16-19,30-33,35,40H,12,14-15,21-24,26-29H2,1-11H3/t33-,35+,40+/m0/s1. The molecule has 4 aliphatic heterocycles. The van der Waals surface area contributed by atoms with Crippen LogP contribution in [-0.4, -0.2) is 94.9 Å². The van der Waals surface area contributed by atoms with Crippen molar-refractivity contribution in [3.8, 4) is 28.7 Å². The second kappa shape index (κ2) is 16.7. The topological polar surface area (TPSA) is 83.9 Å². The number of piperazine rings is 1. The van der Waals surface area contributed by atoms with Gasteiger partial charge in [-0.15, -0.1) is 5.54 Å². The van der Waals surface area contributed by atoms with Crippen LogP contribution in [0.5, 0.6) is 6.01 Å². The van der Waals surface area contributed by atoms with Gasteiger partial charge in [0, 0.05) is 24.0 Å². The Hall–Kier alpha value is -4.34. The first-order valence-corrected chi connectivity index (χ1v) is 25.4. The van der Waals surface area contributed by atoms with Crippen LogP contribution in [0.1, 0.15) is 120 Å². The Labute approximate surface area is 368 Å². The number of halogens is 2. The molecule has 62 heavy (non-hydrogen) atoms.